The molecule has 2 nitrogen and oxygen atoms in total. The van der Waals surface area contributed by atoms with Gasteiger partial charge in [-0.3, -0.25) is 0 Å². The third-order valence-electron chi connectivity index (χ3n) is 1.62. The van der Waals surface area contributed by atoms with E-state index in [2.05, 4.69) is 5.10 Å². The molecule has 2 rings (SSSR count). The third kappa shape index (κ3) is 0.724. The van der Waals surface area contributed by atoms with Crippen molar-refractivity contribution in [3.63, 3.8) is 0 Å². The summed E-state index contributed by atoms with van der Waals surface area (Å²) in [6, 6.07) is 1.73. The molecule has 1 fully saturated rings. The lowest BCUT2D eigenvalue weighted by Gasteiger charge is -1.89. The first-order valence-corrected chi connectivity index (χ1v) is 3.08. The Morgan fingerprint density at radius 2 is 2.44 bits per heavy atom. The fourth-order valence-corrected chi connectivity index (χ4v) is 0.962. The first kappa shape index (κ1) is 4.97. The average molecular weight is 126 g/mol. The van der Waals surface area contributed by atoms with Gasteiger partial charge in [0.25, 0.3) is 0 Å². The molecule has 0 atom stereocenters. The first-order chi connectivity index (χ1) is 4.38. The summed E-state index contributed by atoms with van der Waals surface area (Å²) in [5, 5.41) is 3.43. The van der Waals surface area contributed by atoms with Gasteiger partial charge in [-0.25, -0.2) is 0 Å². The summed E-state index contributed by atoms with van der Waals surface area (Å²) in [7, 11) is 0. The summed E-state index contributed by atoms with van der Waals surface area (Å²) in [4.78, 5) is 0.470. The summed E-state index contributed by atoms with van der Waals surface area (Å²) >= 11 is 0. The molecule has 1 aliphatic rings. The first-order valence-electron chi connectivity index (χ1n) is 3.08. The van der Waals surface area contributed by atoms with E-state index >= 15 is 0 Å². The fourth-order valence-electron chi connectivity index (χ4n) is 0.962. The van der Waals surface area contributed by atoms with Gasteiger partial charge in [0.1, 0.15) is 0 Å². The lowest BCUT2D eigenvalue weighted by molar-refractivity contribution is 0.302. The zero-order chi connectivity index (χ0) is 6.27. The van der Waals surface area contributed by atoms with E-state index in [0.29, 0.717) is 10.8 Å². The van der Waals surface area contributed by atoms with Crippen molar-refractivity contribution in [2.75, 3.05) is 0 Å². The van der Waals surface area contributed by atoms with Crippen molar-refractivity contribution in [2.24, 2.45) is 0 Å². The van der Waals surface area contributed by atoms with Gasteiger partial charge in [0.15, 0.2) is 0 Å². The van der Waals surface area contributed by atoms with E-state index in [0.717, 1.165) is 18.5 Å². The highest BCUT2D eigenvalue weighted by molar-refractivity contribution is 5.12. The number of hydrogen-bond donors (Lipinski definition) is 0. The van der Waals surface area contributed by atoms with E-state index in [4.69, 9.17) is 0 Å². The molecule has 48 valence electrons. The molecule has 0 saturated heterocycles. The monoisotopic (exact) mass is 126 g/mol. The molecule has 3 heteroatoms. The Bertz CT molecular complexity index is 215. The maximum absolute atomic E-state index is 12.4. The summed E-state index contributed by atoms with van der Waals surface area (Å²) < 4.78 is 12.4. The van der Waals surface area contributed by atoms with Gasteiger partial charge in [-0.05, 0) is 18.9 Å². The van der Waals surface area contributed by atoms with Crippen molar-refractivity contribution in [3.05, 3.63) is 18.0 Å². The Labute approximate surface area is 52.2 Å². The van der Waals surface area contributed by atoms with Gasteiger partial charge in [0.2, 0.25) is 0 Å². The van der Waals surface area contributed by atoms with Gasteiger partial charge in [0, 0.05) is 5.92 Å². The van der Waals surface area contributed by atoms with Crippen molar-refractivity contribution >= 4 is 0 Å². The predicted octanol–water partition coefficient (Wildman–Crippen LogP) is 1.49. The van der Waals surface area contributed by atoms with Gasteiger partial charge in [0.05, 0.1) is 11.9 Å². The van der Waals surface area contributed by atoms with Crippen molar-refractivity contribution in [1.82, 2.24) is 10.0 Å². The van der Waals surface area contributed by atoms with Crippen LogP contribution in [0.2, 0.25) is 0 Å². The van der Waals surface area contributed by atoms with E-state index in [-0.39, 0.29) is 0 Å². The molecule has 1 aliphatic carbocycles. The molecule has 1 saturated carbocycles. The van der Waals surface area contributed by atoms with Crippen LogP contribution in [-0.2, 0) is 0 Å². The van der Waals surface area contributed by atoms with Gasteiger partial charge < -0.3 is 0 Å². The summed E-state index contributed by atoms with van der Waals surface area (Å²) in [5.74, 6) is 0.456. The van der Waals surface area contributed by atoms with Crippen LogP contribution >= 0.6 is 0 Å². The maximum Gasteiger partial charge on any atom is 0.0774 e. The largest absolute Gasteiger partial charge is 0.151 e. The average Bonchev–Trinajstić information content (AvgIpc) is 2.58. The normalized spacial score (nSPS) is 18.3. The van der Waals surface area contributed by atoms with Crippen LogP contribution in [0.4, 0.5) is 4.48 Å². The molecule has 1 heterocycles. The molecule has 1 aromatic rings. The smallest absolute Gasteiger partial charge is 0.0774 e. The molecule has 0 aromatic carbocycles. The predicted molar refractivity (Wildman–Crippen MR) is 30.7 cm³/mol. The minimum Gasteiger partial charge on any atom is -0.151 e. The quantitative estimate of drug-likeness (QED) is 0.557. The molecule has 0 bridgehead atoms. The second-order valence-corrected chi connectivity index (χ2v) is 2.39. The Balaban J connectivity index is 2.35. The molecule has 0 radical (unpaired) electrons. The zero-order valence-corrected chi connectivity index (χ0v) is 4.92. The van der Waals surface area contributed by atoms with Gasteiger partial charge in [-0.2, -0.15) is 5.10 Å². The number of rotatable bonds is 1. The Hall–Kier alpha value is -0.860. The maximum atomic E-state index is 12.4. The van der Waals surface area contributed by atoms with Crippen molar-refractivity contribution in [2.45, 2.75) is 18.8 Å². The summed E-state index contributed by atoms with van der Waals surface area (Å²) in [5.41, 5.74) is 0.731. The number of nitrogens with zero attached hydrogens (tertiary/aromatic N) is 2. The van der Waals surface area contributed by atoms with Crippen LogP contribution in [0.3, 0.4) is 0 Å². The molecular weight excluding hydrogens is 119 g/mol. The second kappa shape index (κ2) is 1.56. The molecular formula is C6H7FN2. The minimum absolute atomic E-state index is 0.456. The molecule has 0 aliphatic heterocycles. The lowest BCUT2D eigenvalue weighted by Crippen LogP contribution is -1.89. The minimum atomic E-state index is 0.456. The summed E-state index contributed by atoms with van der Waals surface area (Å²) in [6.07, 6.45) is 3.74. The zero-order valence-electron chi connectivity index (χ0n) is 4.92. The highest BCUT2D eigenvalue weighted by Gasteiger charge is 2.27. The van der Waals surface area contributed by atoms with Gasteiger partial charge in [-0.15, -0.1) is 0 Å². The Kier molecular flexibility index (Phi) is 0.860. The topological polar surface area (TPSA) is 17.8 Å². The Morgan fingerprint density at radius 3 is 2.89 bits per heavy atom. The van der Waals surface area contributed by atoms with Crippen LogP contribution in [0.25, 0.3) is 0 Å². The van der Waals surface area contributed by atoms with Crippen LogP contribution in [0.15, 0.2) is 12.3 Å². The van der Waals surface area contributed by atoms with Crippen LogP contribution in [-0.4, -0.2) is 10.0 Å². The lowest BCUT2D eigenvalue weighted by atomic mass is 10.3. The van der Waals surface area contributed by atoms with Crippen molar-refractivity contribution in [1.29, 1.82) is 0 Å². The van der Waals surface area contributed by atoms with Crippen molar-refractivity contribution < 1.29 is 4.48 Å². The van der Waals surface area contributed by atoms with Crippen molar-refractivity contribution in [3.8, 4) is 0 Å². The highest BCUT2D eigenvalue weighted by Crippen LogP contribution is 2.39. The standard InChI is InChI=1S/C6H7FN2/c7-9-6(3-4-8-9)5-1-2-5/h3-5H,1-2H2. The van der Waals surface area contributed by atoms with Gasteiger partial charge in [-0.1, -0.05) is 9.39 Å². The Morgan fingerprint density at radius 1 is 1.67 bits per heavy atom. The summed E-state index contributed by atoms with van der Waals surface area (Å²) in [6.45, 7) is 0. The molecule has 0 spiro atoms. The van der Waals surface area contributed by atoms with E-state index in [9.17, 15) is 4.48 Å². The van der Waals surface area contributed by atoms with Crippen LogP contribution in [0.5, 0.6) is 0 Å². The molecule has 9 heavy (non-hydrogen) atoms. The van der Waals surface area contributed by atoms with E-state index < -0.39 is 0 Å². The van der Waals surface area contributed by atoms with Crippen LogP contribution in [0, 0.1) is 0 Å². The number of aromatic nitrogens is 2. The fraction of sp³-hybridized carbons (Fsp3) is 0.500. The van der Waals surface area contributed by atoms with E-state index in [1.165, 1.54) is 6.20 Å². The van der Waals surface area contributed by atoms with E-state index in [1.807, 2.05) is 0 Å². The molecule has 0 N–H and O–H groups in total. The highest BCUT2D eigenvalue weighted by atomic mass is 19.2. The molecule has 0 amide bonds. The van der Waals surface area contributed by atoms with Gasteiger partial charge >= 0.3 is 0 Å². The van der Waals surface area contributed by atoms with Crippen LogP contribution in [0.1, 0.15) is 24.5 Å². The van der Waals surface area contributed by atoms with Crippen LogP contribution < -0.4 is 0 Å². The SMILES string of the molecule is Fn1nccc1C1CC1. The molecule has 0 unspecified atom stereocenters. The second-order valence-electron chi connectivity index (χ2n) is 2.39. The van der Waals surface area contributed by atoms with E-state index in [1.54, 1.807) is 6.07 Å². The number of hydrogen-bond acceptors (Lipinski definition) is 1. The molecule has 1 aromatic heterocycles. The third-order valence-corrected chi connectivity index (χ3v) is 1.62. The number of halogens is 1.